The number of aryl methyl sites for hydroxylation is 6. The fourth-order valence-corrected chi connectivity index (χ4v) is 7.82. The molecule has 2 aliphatic rings. The van der Waals surface area contributed by atoms with Crippen LogP contribution in [0.25, 0.3) is 22.3 Å². The van der Waals surface area contributed by atoms with E-state index in [1.54, 1.807) is 14.2 Å². The van der Waals surface area contributed by atoms with E-state index in [-0.39, 0.29) is 5.91 Å². The number of benzene rings is 4. The van der Waals surface area contributed by atoms with Gasteiger partial charge in [0, 0.05) is 51.8 Å². The van der Waals surface area contributed by atoms with Crippen molar-refractivity contribution < 1.29 is 28.1 Å². The molecule has 1 amide bonds. The summed E-state index contributed by atoms with van der Waals surface area (Å²) < 4.78 is 21.8. The molecule has 8 rings (SSSR count). The third kappa shape index (κ3) is 9.63. The highest BCUT2D eigenvalue weighted by molar-refractivity contribution is 9.08. The molecule has 1 aliphatic carbocycles. The maximum absolute atomic E-state index is 12.7. The monoisotopic (exact) mass is 871 g/mol. The standard InChI is InChI=1S/C22H21ClN2O3.C16H17NO3.C7H6BrCl/c1-13-22(14(2)28-24-13)18-10-16-6-9-21(26)25(19(16)11-20(18)27-3)12-15-4-7-17(23)8-5-15;1-9-16(10(2)20-17-9)14-7-11-4-5-13(18)6-12(11)8-15(14)19-3;8-5-6-1-3-7(9)4-2-6/h4-5,7-8,10-11H,6,9,12H2,1-3H3;7-8H,4-6H2,1-3H3;1-4H,5H2. The number of ketones is 1. The highest BCUT2D eigenvalue weighted by Crippen LogP contribution is 2.42. The SMILES string of the molecule is COc1cc2c(cc1-c1c(C)noc1C)CCC(=O)C2.COc1cc2c(cc1-c1c(C)noc1C)CCC(=O)N2Cc1ccc(Cl)cc1.Clc1ccc(CBr)cc1. The number of nitrogens with zero attached hydrogens (tertiary/aromatic N) is 3. The molecule has 296 valence electrons. The number of halogens is 3. The van der Waals surface area contributed by atoms with Gasteiger partial charge in [0.2, 0.25) is 5.91 Å². The van der Waals surface area contributed by atoms with E-state index in [1.165, 1.54) is 11.1 Å². The van der Waals surface area contributed by atoms with E-state index in [1.807, 2.05) is 93.3 Å². The van der Waals surface area contributed by atoms with Crippen LogP contribution in [-0.4, -0.2) is 36.2 Å². The lowest BCUT2D eigenvalue weighted by atomic mass is 9.87. The van der Waals surface area contributed by atoms with Crippen LogP contribution in [0.1, 0.15) is 63.6 Å². The Morgan fingerprint density at radius 2 is 1.18 bits per heavy atom. The van der Waals surface area contributed by atoms with Crippen molar-refractivity contribution in [1.29, 1.82) is 0 Å². The zero-order valence-corrected chi connectivity index (χ0v) is 35.9. The Balaban J connectivity index is 0.000000164. The summed E-state index contributed by atoms with van der Waals surface area (Å²) in [5, 5.41) is 10.4. The Morgan fingerprint density at radius 3 is 1.68 bits per heavy atom. The molecule has 0 atom stereocenters. The van der Waals surface area contributed by atoms with Crippen LogP contribution in [-0.2, 0) is 40.7 Å². The average molecular weight is 874 g/mol. The molecule has 0 saturated carbocycles. The van der Waals surface area contributed by atoms with Crippen LogP contribution < -0.4 is 14.4 Å². The highest BCUT2D eigenvalue weighted by atomic mass is 79.9. The Kier molecular flexibility index (Phi) is 13.6. The number of hydrogen-bond acceptors (Lipinski definition) is 8. The number of fused-ring (bicyclic) bond motifs is 2. The maximum atomic E-state index is 12.7. The van der Waals surface area contributed by atoms with Gasteiger partial charge in [-0.2, -0.15) is 0 Å². The largest absolute Gasteiger partial charge is 0.496 e. The minimum Gasteiger partial charge on any atom is -0.496 e. The van der Waals surface area contributed by atoms with Gasteiger partial charge in [-0.25, -0.2) is 0 Å². The Labute approximate surface area is 351 Å². The smallest absolute Gasteiger partial charge is 0.227 e. The molecular weight excluding hydrogens is 829 g/mol. The van der Waals surface area contributed by atoms with E-state index in [4.69, 9.17) is 41.7 Å². The first-order valence-electron chi connectivity index (χ1n) is 18.5. The molecule has 9 nitrogen and oxygen atoms in total. The van der Waals surface area contributed by atoms with Crippen LogP contribution in [0.4, 0.5) is 5.69 Å². The van der Waals surface area contributed by atoms with Gasteiger partial charge >= 0.3 is 0 Å². The number of carbonyl (C=O) groups excluding carboxylic acids is 2. The van der Waals surface area contributed by atoms with Crippen LogP contribution in [0.15, 0.2) is 81.8 Å². The molecule has 0 spiro atoms. The number of hydrogen-bond donors (Lipinski definition) is 0. The number of aromatic nitrogens is 2. The maximum Gasteiger partial charge on any atom is 0.227 e. The lowest BCUT2D eigenvalue weighted by Crippen LogP contribution is -2.34. The van der Waals surface area contributed by atoms with Gasteiger partial charge in [0.25, 0.3) is 0 Å². The Morgan fingerprint density at radius 1 is 0.667 bits per heavy atom. The summed E-state index contributed by atoms with van der Waals surface area (Å²) in [6.45, 7) is 8.13. The first kappa shape index (κ1) is 41.7. The molecule has 0 saturated heterocycles. The molecule has 12 heteroatoms. The van der Waals surface area contributed by atoms with Gasteiger partial charge in [-0.1, -0.05) is 73.7 Å². The molecule has 0 bridgehead atoms. The number of ether oxygens (including phenoxy) is 2. The predicted octanol–water partition coefficient (Wildman–Crippen LogP) is 11.4. The molecule has 57 heavy (non-hydrogen) atoms. The van der Waals surface area contributed by atoms with Crippen molar-refractivity contribution in [1.82, 2.24) is 10.3 Å². The van der Waals surface area contributed by atoms with Gasteiger partial charge < -0.3 is 23.4 Å². The number of methoxy groups -OCH3 is 2. The average Bonchev–Trinajstić information content (AvgIpc) is 3.73. The molecular formula is C45H44BrCl2N3O6. The summed E-state index contributed by atoms with van der Waals surface area (Å²) in [5.41, 5.74) is 12.1. The molecule has 0 N–H and O–H groups in total. The van der Waals surface area contributed by atoms with Crippen LogP contribution in [0.3, 0.4) is 0 Å². The summed E-state index contributed by atoms with van der Waals surface area (Å²) >= 11 is 15.0. The first-order valence-corrected chi connectivity index (χ1v) is 20.4. The number of rotatable bonds is 7. The van der Waals surface area contributed by atoms with Crippen molar-refractivity contribution in [2.75, 3.05) is 19.1 Å². The summed E-state index contributed by atoms with van der Waals surface area (Å²) in [4.78, 5) is 26.1. The van der Waals surface area contributed by atoms with Crippen LogP contribution >= 0.6 is 39.1 Å². The third-order valence-electron chi connectivity index (χ3n) is 10.1. The number of alkyl halides is 1. The first-order chi connectivity index (χ1) is 27.4. The van der Waals surface area contributed by atoms with E-state index in [9.17, 15) is 9.59 Å². The lowest BCUT2D eigenvalue weighted by Gasteiger charge is -2.30. The van der Waals surface area contributed by atoms with E-state index in [0.717, 1.165) is 90.1 Å². The van der Waals surface area contributed by atoms with Crippen molar-refractivity contribution >= 4 is 56.5 Å². The van der Waals surface area contributed by atoms with Crippen molar-refractivity contribution in [2.45, 2.75) is 71.7 Å². The summed E-state index contributed by atoms with van der Waals surface area (Å²) in [6, 6.07) is 23.5. The van der Waals surface area contributed by atoms with Gasteiger partial charge in [-0.05, 0) is 111 Å². The number of carbonyl (C=O) groups is 2. The van der Waals surface area contributed by atoms with Crippen molar-refractivity contribution in [3.05, 3.63) is 134 Å². The fraction of sp³-hybridized carbons (Fsp3) is 0.289. The van der Waals surface area contributed by atoms with Crippen LogP contribution in [0.2, 0.25) is 10.0 Å². The van der Waals surface area contributed by atoms with Gasteiger partial charge in [0.05, 0.1) is 49.0 Å². The summed E-state index contributed by atoms with van der Waals surface area (Å²) in [6.07, 6.45) is 3.11. The lowest BCUT2D eigenvalue weighted by molar-refractivity contribution is -0.119. The summed E-state index contributed by atoms with van der Waals surface area (Å²) in [7, 11) is 3.28. The normalized spacial score (nSPS) is 13.2. The number of Topliss-reactive ketones (excluding diaryl/α,β-unsaturated/α-hetero) is 1. The minimum absolute atomic E-state index is 0.106. The topological polar surface area (TPSA) is 108 Å². The molecule has 1 aliphatic heterocycles. The summed E-state index contributed by atoms with van der Waals surface area (Å²) in [5.74, 6) is 3.41. The van der Waals surface area contributed by atoms with Crippen molar-refractivity contribution in [3.63, 3.8) is 0 Å². The minimum atomic E-state index is 0.106. The number of amides is 1. The molecule has 0 fully saturated rings. The number of anilines is 1. The van der Waals surface area contributed by atoms with Gasteiger partial charge in [-0.15, -0.1) is 0 Å². The van der Waals surface area contributed by atoms with E-state index < -0.39 is 0 Å². The quantitative estimate of drug-likeness (QED) is 0.146. The second kappa shape index (κ2) is 18.6. The predicted molar refractivity (Wildman–Crippen MR) is 228 cm³/mol. The van der Waals surface area contributed by atoms with Crippen LogP contribution in [0, 0.1) is 27.7 Å². The zero-order chi connectivity index (χ0) is 40.8. The fourth-order valence-electron chi connectivity index (χ4n) is 7.20. The third-order valence-corrected chi connectivity index (χ3v) is 11.3. The van der Waals surface area contributed by atoms with Gasteiger partial charge in [0.1, 0.15) is 28.8 Å². The second-order valence-corrected chi connectivity index (χ2v) is 15.4. The van der Waals surface area contributed by atoms with E-state index >= 15 is 0 Å². The molecule has 0 unspecified atom stereocenters. The zero-order valence-electron chi connectivity index (χ0n) is 32.8. The van der Waals surface area contributed by atoms with E-state index in [2.05, 4.69) is 38.4 Å². The van der Waals surface area contributed by atoms with Gasteiger partial charge in [-0.3, -0.25) is 9.59 Å². The van der Waals surface area contributed by atoms with Crippen LogP contribution in [0.5, 0.6) is 11.5 Å². The molecule has 2 aromatic heterocycles. The molecule has 3 heterocycles. The van der Waals surface area contributed by atoms with Crippen molar-refractivity contribution in [2.24, 2.45) is 0 Å². The molecule has 4 aromatic carbocycles. The Hall–Kier alpha value is -4.90. The van der Waals surface area contributed by atoms with E-state index in [0.29, 0.717) is 48.8 Å². The highest BCUT2D eigenvalue weighted by Gasteiger charge is 2.28. The Bertz CT molecular complexity index is 2350. The van der Waals surface area contributed by atoms with Crippen molar-refractivity contribution in [3.8, 4) is 33.8 Å². The second-order valence-electron chi connectivity index (χ2n) is 14.0. The molecule has 0 radical (unpaired) electrons. The molecule has 6 aromatic rings. The van der Waals surface area contributed by atoms with Gasteiger partial charge in [0.15, 0.2) is 0 Å².